The van der Waals surface area contributed by atoms with Gasteiger partial charge in [0.05, 0.1) is 5.69 Å². The van der Waals surface area contributed by atoms with Gasteiger partial charge in [-0.3, -0.25) is 10.1 Å². The first-order chi connectivity index (χ1) is 11.1. The molecule has 130 valence electrons. The minimum atomic E-state index is -0.564. The summed E-state index contributed by atoms with van der Waals surface area (Å²) in [7, 11) is 3.90. The molecule has 6 heteroatoms. The minimum Gasteiger partial charge on any atom is -0.444 e. The molecule has 1 aromatic heterocycles. The van der Waals surface area contributed by atoms with Crippen LogP contribution in [0.15, 0.2) is 18.2 Å². The lowest BCUT2D eigenvalue weighted by molar-refractivity contribution is -0.114. The molecule has 1 aliphatic rings. The molecular weight excluding hydrogens is 306 g/mol. The van der Waals surface area contributed by atoms with Gasteiger partial charge in [0, 0.05) is 18.5 Å². The van der Waals surface area contributed by atoms with Crippen LogP contribution in [0.1, 0.15) is 44.9 Å². The van der Waals surface area contributed by atoms with Gasteiger partial charge in [0.1, 0.15) is 11.4 Å². The van der Waals surface area contributed by atoms with Crippen LogP contribution in [0.25, 0.3) is 5.57 Å². The summed E-state index contributed by atoms with van der Waals surface area (Å²) in [5, 5.41) is 2.66. The number of nitrogens with one attached hydrogen (secondary N) is 1. The molecular formula is C18H25N3O3. The van der Waals surface area contributed by atoms with Crippen molar-refractivity contribution < 1.29 is 14.3 Å². The highest BCUT2D eigenvalue weighted by molar-refractivity contribution is 6.01. The Bertz CT molecular complexity index is 673. The average molecular weight is 331 g/mol. The minimum absolute atomic E-state index is 0.150. The number of aromatic nitrogens is 1. The quantitative estimate of drug-likeness (QED) is 0.917. The number of nitrogens with zero attached hydrogens (tertiary/aromatic N) is 2. The largest absolute Gasteiger partial charge is 0.444 e. The fraction of sp³-hybridized carbons (Fsp3) is 0.500. The molecule has 1 amide bonds. The standard InChI is InChI=1S/C18H25N3O3/c1-18(2,3)24-17(23)20-16-9-8-14(12-6-7-13(22)10-12)15(19-16)11-21(4)5/h8-10H,6-7,11H2,1-5H3,(H,19,20,23). The third-order valence-electron chi connectivity index (χ3n) is 3.39. The maximum atomic E-state index is 11.9. The van der Waals surface area contributed by atoms with E-state index in [1.165, 1.54) is 0 Å². The maximum absolute atomic E-state index is 11.9. The van der Waals surface area contributed by atoms with E-state index in [4.69, 9.17) is 4.74 Å². The molecule has 0 saturated heterocycles. The molecule has 0 saturated carbocycles. The van der Waals surface area contributed by atoms with Crippen LogP contribution in [0.3, 0.4) is 0 Å². The number of rotatable bonds is 4. The molecule has 0 unspecified atom stereocenters. The van der Waals surface area contributed by atoms with Crippen LogP contribution in [0.5, 0.6) is 0 Å². The van der Waals surface area contributed by atoms with Gasteiger partial charge in [-0.2, -0.15) is 0 Å². The van der Waals surface area contributed by atoms with E-state index in [2.05, 4.69) is 10.3 Å². The summed E-state index contributed by atoms with van der Waals surface area (Å²) in [6.45, 7) is 6.04. The molecule has 0 fully saturated rings. The fourth-order valence-corrected chi connectivity index (χ4v) is 2.50. The molecule has 0 aromatic carbocycles. The van der Waals surface area contributed by atoms with E-state index in [-0.39, 0.29) is 5.78 Å². The first-order valence-corrected chi connectivity index (χ1v) is 8.02. The number of carbonyl (C=O) groups excluding carboxylic acids is 2. The van der Waals surface area contributed by atoms with Crippen LogP contribution < -0.4 is 5.32 Å². The number of amides is 1. The molecule has 2 rings (SSSR count). The summed E-state index contributed by atoms with van der Waals surface area (Å²) in [6.07, 6.45) is 2.44. The Balaban J connectivity index is 2.24. The van der Waals surface area contributed by atoms with Crippen LogP contribution in [0.4, 0.5) is 10.6 Å². The molecule has 0 spiro atoms. The Labute approximate surface area is 142 Å². The Morgan fingerprint density at radius 3 is 2.54 bits per heavy atom. The third kappa shape index (κ3) is 5.16. The van der Waals surface area contributed by atoms with Crippen molar-refractivity contribution in [3.05, 3.63) is 29.5 Å². The highest BCUT2D eigenvalue weighted by atomic mass is 16.6. The maximum Gasteiger partial charge on any atom is 0.413 e. The van der Waals surface area contributed by atoms with Gasteiger partial charge in [-0.15, -0.1) is 0 Å². The lowest BCUT2D eigenvalue weighted by Gasteiger charge is -2.20. The number of carbonyl (C=O) groups is 2. The van der Waals surface area contributed by atoms with E-state index in [0.717, 1.165) is 23.3 Å². The fourth-order valence-electron chi connectivity index (χ4n) is 2.50. The second kappa shape index (κ2) is 7.13. The van der Waals surface area contributed by atoms with Gasteiger partial charge in [-0.1, -0.05) is 0 Å². The van der Waals surface area contributed by atoms with E-state index >= 15 is 0 Å². The number of anilines is 1. The SMILES string of the molecule is CN(C)Cc1nc(NC(=O)OC(C)(C)C)ccc1C1=CC(=O)CC1. The molecule has 1 N–H and O–H groups in total. The number of allylic oxidation sites excluding steroid dienone is 2. The van der Waals surface area contributed by atoms with E-state index in [0.29, 0.717) is 18.8 Å². The number of ether oxygens (including phenoxy) is 1. The number of hydrogen-bond acceptors (Lipinski definition) is 5. The molecule has 1 aliphatic carbocycles. The Morgan fingerprint density at radius 2 is 2.00 bits per heavy atom. The normalized spacial score (nSPS) is 14.8. The average Bonchev–Trinajstić information content (AvgIpc) is 2.82. The molecule has 0 radical (unpaired) electrons. The van der Waals surface area contributed by atoms with Crippen molar-refractivity contribution >= 4 is 23.3 Å². The molecule has 0 aliphatic heterocycles. The molecule has 24 heavy (non-hydrogen) atoms. The van der Waals surface area contributed by atoms with Crippen molar-refractivity contribution in [2.75, 3.05) is 19.4 Å². The molecule has 0 atom stereocenters. The van der Waals surface area contributed by atoms with Crippen molar-refractivity contribution in [1.82, 2.24) is 9.88 Å². The molecule has 1 aromatic rings. The summed E-state index contributed by atoms with van der Waals surface area (Å²) in [6, 6.07) is 3.64. The van der Waals surface area contributed by atoms with Gasteiger partial charge in [0.15, 0.2) is 5.78 Å². The third-order valence-corrected chi connectivity index (χ3v) is 3.39. The predicted molar refractivity (Wildman–Crippen MR) is 93.7 cm³/mol. The zero-order chi connectivity index (χ0) is 17.9. The van der Waals surface area contributed by atoms with Crippen molar-refractivity contribution in [3.63, 3.8) is 0 Å². The smallest absolute Gasteiger partial charge is 0.413 e. The number of pyridine rings is 1. The monoisotopic (exact) mass is 331 g/mol. The Kier molecular flexibility index (Phi) is 5.39. The van der Waals surface area contributed by atoms with Crippen molar-refractivity contribution in [2.24, 2.45) is 0 Å². The zero-order valence-corrected chi connectivity index (χ0v) is 15.0. The van der Waals surface area contributed by atoms with Crippen LogP contribution in [-0.2, 0) is 16.1 Å². The van der Waals surface area contributed by atoms with Crippen molar-refractivity contribution in [2.45, 2.75) is 45.8 Å². The molecule has 1 heterocycles. The second-order valence-electron chi connectivity index (χ2n) is 7.19. The topological polar surface area (TPSA) is 71.5 Å². The highest BCUT2D eigenvalue weighted by Gasteiger charge is 2.20. The highest BCUT2D eigenvalue weighted by Crippen LogP contribution is 2.29. The van der Waals surface area contributed by atoms with Crippen LogP contribution in [0.2, 0.25) is 0 Å². The van der Waals surface area contributed by atoms with Crippen LogP contribution >= 0.6 is 0 Å². The Hall–Kier alpha value is -2.21. The van der Waals surface area contributed by atoms with E-state index in [1.807, 2.05) is 45.8 Å². The van der Waals surface area contributed by atoms with Crippen LogP contribution in [0, 0.1) is 0 Å². The van der Waals surface area contributed by atoms with Gasteiger partial charge in [0.2, 0.25) is 0 Å². The Morgan fingerprint density at radius 1 is 1.29 bits per heavy atom. The van der Waals surface area contributed by atoms with Gasteiger partial charge >= 0.3 is 6.09 Å². The zero-order valence-electron chi connectivity index (χ0n) is 15.0. The van der Waals surface area contributed by atoms with Crippen molar-refractivity contribution in [1.29, 1.82) is 0 Å². The number of ketones is 1. The van der Waals surface area contributed by atoms with E-state index < -0.39 is 11.7 Å². The van der Waals surface area contributed by atoms with Gasteiger partial charge in [0.25, 0.3) is 0 Å². The van der Waals surface area contributed by atoms with E-state index in [1.54, 1.807) is 12.1 Å². The summed E-state index contributed by atoms with van der Waals surface area (Å²) >= 11 is 0. The summed E-state index contributed by atoms with van der Waals surface area (Å²) in [5.41, 5.74) is 2.23. The first kappa shape index (κ1) is 18.1. The summed E-state index contributed by atoms with van der Waals surface area (Å²) in [5.74, 6) is 0.589. The second-order valence-corrected chi connectivity index (χ2v) is 7.19. The van der Waals surface area contributed by atoms with Crippen LogP contribution in [-0.4, -0.2) is 41.5 Å². The van der Waals surface area contributed by atoms with E-state index in [9.17, 15) is 9.59 Å². The first-order valence-electron chi connectivity index (χ1n) is 8.02. The van der Waals surface area contributed by atoms with Gasteiger partial charge in [-0.25, -0.2) is 9.78 Å². The summed E-state index contributed by atoms with van der Waals surface area (Å²) in [4.78, 5) is 30.0. The molecule has 0 bridgehead atoms. The van der Waals surface area contributed by atoms with Gasteiger partial charge in [-0.05, 0) is 65.1 Å². The summed E-state index contributed by atoms with van der Waals surface area (Å²) < 4.78 is 5.25. The van der Waals surface area contributed by atoms with Gasteiger partial charge < -0.3 is 9.64 Å². The number of hydrogen-bond donors (Lipinski definition) is 1. The van der Waals surface area contributed by atoms with Crippen molar-refractivity contribution in [3.8, 4) is 0 Å². The predicted octanol–water partition coefficient (Wildman–Crippen LogP) is 3.24. The lowest BCUT2D eigenvalue weighted by Crippen LogP contribution is -2.27. The molecule has 6 nitrogen and oxygen atoms in total. The lowest BCUT2D eigenvalue weighted by atomic mass is 10.0.